The first-order valence-corrected chi connectivity index (χ1v) is 14.3. The van der Waals surface area contributed by atoms with Crippen LogP contribution in [0, 0.1) is 0 Å². The normalized spacial score (nSPS) is 14.3. The van der Waals surface area contributed by atoms with Gasteiger partial charge in [-0.1, -0.05) is 35.2 Å². The molecule has 0 aliphatic heterocycles. The summed E-state index contributed by atoms with van der Waals surface area (Å²) in [5.74, 6) is 1.09. The molecule has 1 aliphatic rings. The van der Waals surface area contributed by atoms with Gasteiger partial charge in [0.1, 0.15) is 5.82 Å². The van der Waals surface area contributed by atoms with Gasteiger partial charge in [-0.05, 0) is 75.9 Å². The molecule has 0 bridgehead atoms. The third-order valence-electron chi connectivity index (χ3n) is 6.13. The van der Waals surface area contributed by atoms with Gasteiger partial charge >= 0.3 is 5.97 Å². The maximum absolute atomic E-state index is 13.6. The maximum Gasteiger partial charge on any atom is 0.344 e. The summed E-state index contributed by atoms with van der Waals surface area (Å²) in [4.78, 5) is 30.2. The number of carbonyl (C=O) groups is 1. The summed E-state index contributed by atoms with van der Waals surface area (Å²) in [6.45, 7) is 1.73. The fourth-order valence-corrected chi connectivity index (χ4v) is 5.64. The number of methoxy groups -OCH3 is 1. The Morgan fingerprint density at radius 2 is 1.92 bits per heavy atom. The minimum absolute atomic E-state index is 0.162. The summed E-state index contributed by atoms with van der Waals surface area (Å²) in [7, 11) is 1.50. The Hall–Kier alpha value is -2.24. The van der Waals surface area contributed by atoms with E-state index in [1.807, 2.05) is 12.1 Å². The molecular formula is C26H26Br3N3O5. The largest absolute Gasteiger partial charge is 0.493 e. The van der Waals surface area contributed by atoms with E-state index in [2.05, 4.69) is 52.9 Å². The average molecular weight is 700 g/mol. The van der Waals surface area contributed by atoms with E-state index in [1.54, 1.807) is 25.3 Å². The number of hydrogen-bond donors (Lipinski definition) is 0. The highest BCUT2D eigenvalue weighted by Gasteiger charge is 2.23. The van der Waals surface area contributed by atoms with Crippen molar-refractivity contribution in [2.75, 3.05) is 20.3 Å². The molecule has 1 aromatic heterocycles. The van der Waals surface area contributed by atoms with Gasteiger partial charge in [0.05, 0.1) is 35.3 Å². The predicted octanol–water partition coefficient (Wildman–Crippen LogP) is 6.56. The Morgan fingerprint density at radius 1 is 1.16 bits per heavy atom. The van der Waals surface area contributed by atoms with E-state index in [0.717, 1.165) is 30.2 Å². The van der Waals surface area contributed by atoms with Gasteiger partial charge in [-0.3, -0.25) is 4.79 Å². The molecule has 4 rings (SSSR count). The number of halogens is 3. The molecule has 0 atom stereocenters. The zero-order valence-corrected chi connectivity index (χ0v) is 25.2. The number of hydrogen-bond acceptors (Lipinski definition) is 7. The molecule has 2 aromatic carbocycles. The molecule has 0 unspecified atom stereocenters. The summed E-state index contributed by atoms with van der Waals surface area (Å²) < 4.78 is 19.5. The fourth-order valence-electron chi connectivity index (χ4n) is 4.34. The minimum atomic E-state index is -0.483. The van der Waals surface area contributed by atoms with Crippen molar-refractivity contribution >= 4 is 70.9 Å². The van der Waals surface area contributed by atoms with Crippen LogP contribution in [0.1, 0.15) is 56.3 Å². The lowest BCUT2D eigenvalue weighted by Gasteiger charge is -2.22. The molecule has 37 heavy (non-hydrogen) atoms. The van der Waals surface area contributed by atoms with Crippen molar-refractivity contribution in [1.29, 1.82) is 0 Å². The number of nitrogens with zero attached hydrogens (tertiary/aromatic N) is 3. The van der Waals surface area contributed by atoms with Crippen molar-refractivity contribution in [2.45, 2.75) is 44.9 Å². The topological polar surface area (TPSA) is 92.0 Å². The van der Waals surface area contributed by atoms with Crippen molar-refractivity contribution < 1.29 is 19.0 Å². The first-order valence-electron chi connectivity index (χ1n) is 11.9. The zero-order chi connectivity index (χ0) is 26.5. The molecular weight excluding hydrogens is 674 g/mol. The van der Waals surface area contributed by atoms with Gasteiger partial charge in [0, 0.05) is 20.4 Å². The van der Waals surface area contributed by atoms with E-state index in [9.17, 15) is 9.59 Å². The lowest BCUT2D eigenvalue weighted by Crippen LogP contribution is -2.25. The molecule has 196 valence electrons. The van der Waals surface area contributed by atoms with Gasteiger partial charge in [-0.15, -0.1) is 0 Å². The lowest BCUT2D eigenvalue weighted by molar-refractivity contribution is -0.145. The SMILES string of the molecule is CCOC(=O)COc1c(OC)cc(C=Nn2c(C3CCCCC3)nc3ccc(Br)cc3c2=O)c(Br)c1Br. The van der Waals surface area contributed by atoms with Gasteiger partial charge < -0.3 is 14.2 Å². The van der Waals surface area contributed by atoms with E-state index in [1.165, 1.54) is 18.2 Å². The van der Waals surface area contributed by atoms with Crippen LogP contribution >= 0.6 is 47.8 Å². The van der Waals surface area contributed by atoms with Crippen LogP contribution in [0.25, 0.3) is 10.9 Å². The summed E-state index contributed by atoms with van der Waals surface area (Å²) in [6.07, 6.45) is 6.93. The van der Waals surface area contributed by atoms with Crippen LogP contribution < -0.4 is 15.0 Å². The van der Waals surface area contributed by atoms with E-state index >= 15 is 0 Å². The van der Waals surface area contributed by atoms with Crippen molar-refractivity contribution in [3.05, 3.63) is 59.4 Å². The summed E-state index contributed by atoms with van der Waals surface area (Å²) in [6, 6.07) is 7.23. The molecule has 1 aliphatic carbocycles. The number of carbonyl (C=O) groups excluding carboxylic acids is 1. The number of fused-ring (bicyclic) bond motifs is 1. The molecule has 8 nitrogen and oxygen atoms in total. The smallest absolute Gasteiger partial charge is 0.344 e. The zero-order valence-electron chi connectivity index (χ0n) is 20.4. The second kappa shape index (κ2) is 12.5. The van der Waals surface area contributed by atoms with Gasteiger partial charge in [0.15, 0.2) is 18.1 Å². The van der Waals surface area contributed by atoms with Crippen LogP contribution in [0.15, 0.2) is 47.6 Å². The van der Waals surface area contributed by atoms with Gasteiger partial charge in [-0.2, -0.15) is 9.78 Å². The molecule has 0 radical (unpaired) electrons. The summed E-state index contributed by atoms with van der Waals surface area (Å²) in [5, 5.41) is 5.11. The highest BCUT2D eigenvalue weighted by Crippen LogP contribution is 2.42. The molecule has 1 fully saturated rings. The highest BCUT2D eigenvalue weighted by molar-refractivity contribution is 9.13. The number of benzene rings is 2. The lowest BCUT2D eigenvalue weighted by atomic mass is 9.88. The molecule has 1 saturated carbocycles. The monoisotopic (exact) mass is 697 g/mol. The first kappa shape index (κ1) is 27.8. The molecule has 0 N–H and O–H groups in total. The number of ether oxygens (including phenoxy) is 3. The van der Waals surface area contributed by atoms with Gasteiger partial charge in [0.2, 0.25) is 0 Å². The third-order valence-corrected chi connectivity index (χ3v) is 8.77. The van der Waals surface area contributed by atoms with Crippen LogP contribution in [0.2, 0.25) is 0 Å². The van der Waals surface area contributed by atoms with E-state index in [0.29, 0.717) is 42.7 Å². The molecule has 1 heterocycles. The third kappa shape index (κ3) is 6.26. The Balaban J connectivity index is 1.76. The second-order valence-electron chi connectivity index (χ2n) is 8.55. The molecule has 0 spiro atoms. The Bertz CT molecular complexity index is 1400. The number of aromatic nitrogens is 2. The van der Waals surface area contributed by atoms with Crippen LogP contribution in [-0.4, -0.2) is 42.2 Å². The van der Waals surface area contributed by atoms with Crippen molar-refractivity contribution in [2.24, 2.45) is 5.10 Å². The van der Waals surface area contributed by atoms with E-state index in [4.69, 9.17) is 19.2 Å². The van der Waals surface area contributed by atoms with Crippen molar-refractivity contribution in [3.8, 4) is 11.5 Å². The first-order chi connectivity index (χ1) is 17.8. The Kier molecular flexibility index (Phi) is 9.41. The highest BCUT2D eigenvalue weighted by atomic mass is 79.9. The van der Waals surface area contributed by atoms with Gasteiger partial charge in [-0.25, -0.2) is 9.78 Å². The van der Waals surface area contributed by atoms with Crippen LogP contribution in [0.3, 0.4) is 0 Å². The summed E-state index contributed by atoms with van der Waals surface area (Å²) in [5.41, 5.74) is 1.08. The Labute approximate surface area is 239 Å². The van der Waals surface area contributed by atoms with Gasteiger partial charge in [0.25, 0.3) is 5.56 Å². The second-order valence-corrected chi connectivity index (χ2v) is 11.0. The van der Waals surface area contributed by atoms with Crippen LogP contribution in [0.4, 0.5) is 0 Å². The number of rotatable bonds is 8. The van der Waals surface area contributed by atoms with E-state index in [-0.39, 0.29) is 24.7 Å². The average Bonchev–Trinajstić information content (AvgIpc) is 2.90. The molecule has 0 amide bonds. The number of esters is 1. The predicted molar refractivity (Wildman–Crippen MR) is 153 cm³/mol. The van der Waals surface area contributed by atoms with Crippen molar-refractivity contribution in [3.63, 3.8) is 0 Å². The molecule has 11 heteroatoms. The maximum atomic E-state index is 13.6. The standard InChI is InChI=1S/C26H26Br3N3O5/c1-3-36-21(33)14-37-24-20(35-2)11-16(22(28)23(24)29)13-30-32-25(15-7-5-4-6-8-15)31-19-10-9-17(27)12-18(19)26(32)34/h9-13,15H,3-8,14H2,1-2H3. The minimum Gasteiger partial charge on any atom is -0.493 e. The van der Waals surface area contributed by atoms with Crippen molar-refractivity contribution in [1.82, 2.24) is 9.66 Å². The Morgan fingerprint density at radius 3 is 2.62 bits per heavy atom. The fraction of sp³-hybridized carbons (Fsp3) is 0.385. The van der Waals surface area contributed by atoms with Crippen LogP contribution in [-0.2, 0) is 9.53 Å². The molecule has 0 saturated heterocycles. The summed E-state index contributed by atoms with van der Waals surface area (Å²) >= 11 is 10.5. The molecule has 3 aromatic rings. The quantitative estimate of drug-likeness (QED) is 0.195. The van der Waals surface area contributed by atoms with Crippen LogP contribution in [0.5, 0.6) is 11.5 Å². The van der Waals surface area contributed by atoms with E-state index < -0.39 is 5.97 Å².